The second-order valence-corrected chi connectivity index (χ2v) is 11.1. The Morgan fingerprint density at radius 2 is 1.67 bits per heavy atom. The van der Waals surface area contributed by atoms with Gasteiger partial charge in [-0.2, -0.15) is 0 Å². The first-order chi connectivity index (χ1) is 17.7. The van der Waals surface area contributed by atoms with Crippen molar-refractivity contribution in [2.24, 2.45) is 5.92 Å². The summed E-state index contributed by atoms with van der Waals surface area (Å²) in [4.78, 5) is 17.1. The first-order valence-corrected chi connectivity index (χ1v) is 13.9. The van der Waals surface area contributed by atoms with Gasteiger partial charge in [-0.3, -0.25) is 4.79 Å². The van der Waals surface area contributed by atoms with Crippen LogP contribution < -0.4 is 15.4 Å². The molecule has 3 aromatic rings. The highest BCUT2D eigenvalue weighted by Crippen LogP contribution is 2.32. The highest BCUT2D eigenvalue weighted by atomic mass is 16.5. The molecular weight excluding hydrogens is 446 g/mol. The molecule has 36 heavy (non-hydrogen) atoms. The van der Waals surface area contributed by atoms with Gasteiger partial charge in [0.2, 0.25) is 0 Å². The van der Waals surface area contributed by atoms with E-state index in [1.54, 1.807) is 4.90 Å². The van der Waals surface area contributed by atoms with Gasteiger partial charge in [0.25, 0.3) is 5.56 Å². The minimum atomic E-state index is 0.208. The first kappa shape index (κ1) is 23.7. The van der Waals surface area contributed by atoms with Gasteiger partial charge >= 0.3 is 0 Å². The summed E-state index contributed by atoms with van der Waals surface area (Å²) in [5.74, 6) is 1.10. The van der Waals surface area contributed by atoms with Crippen LogP contribution in [0, 0.1) is 5.92 Å². The van der Waals surface area contributed by atoms with Crippen LogP contribution in [0.5, 0.6) is 0 Å². The van der Waals surface area contributed by atoms with Crippen molar-refractivity contribution in [2.75, 3.05) is 45.9 Å². The number of hydrogen-bond acceptors (Lipinski definition) is 2. The van der Waals surface area contributed by atoms with Crippen LogP contribution in [-0.2, 0) is 24.2 Å². The van der Waals surface area contributed by atoms with Crippen molar-refractivity contribution in [3.8, 4) is 11.1 Å². The Morgan fingerprint density at radius 3 is 2.53 bits per heavy atom. The van der Waals surface area contributed by atoms with Gasteiger partial charge < -0.3 is 19.1 Å². The molecule has 3 aliphatic rings. The molecule has 5 heteroatoms. The summed E-state index contributed by atoms with van der Waals surface area (Å²) < 4.78 is 7.68. The zero-order valence-electron chi connectivity index (χ0n) is 21.3. The summed E-state index contributed by atoms with van der Waals surface area (Å²) in [5.41, 5.74) is 6.16. The molecule has 0 aliphatic carbocycles. The summed E-state index contributed by atoms with van der Waals surface area (Å²) in [6.45, 7) is 9.11. The quantitative estimate of drug-likeness (QED) is 0.533. The Morgan fingerprint density at radius 1 is 0.861 bits per heavy atom. The standard InChI is InChI=1S/C31H37N3O2/c35-31-29(28-11-5-4-10-26(28)22-32-15-17-36-18-16-32)12-13-30-27-19-25(21-34(30)31)20-33(23-27)14-6-9-24-7-2-1-3-8-24/h1-5,7-8,10-13,25,27H,6,9,14-23H2/p+2/t25-,27+/m0/s1. The highest BCUT2D eigenvalue weighted by molar-refractivity contribution is 5.66. The molecule has 2 fully saturated rings. The average Bonchev–Trinajstić information content (AvgIpc) is 2.91. The molecule has 2 bridgehead atoms. The molecule has 1 aromatic heterocycles. The lowest BCUT2D eigenvalue weighted by atomic mass is 9.82. The van der Waals surface area contributed by atoms with Gasteiger partial charge in [-0.05, 0) is 36.1 Å². The van der Waals surface area contributed by atoms with E-state index in [4.69, 9.17) is 4.74 Å². The molecule has 4 heterocycles. The van der Waals surface area contributed by atoms with Gasteiger partial charge in [0.1, 0.15) is 19.6 Å². The van der Waals surface area contributed by atoms with Gasteiger partial charge in [-0.25, -0.2) is 0 Å². The third-order valence-corrected chi connectivity index (χ3v) is 8.58. The molecule has 3 atom stereocenters. The largest absolute Gasteiger partial charge is 0.370 e. The smallest absolute Gasteiger partial charge is 0.258 e. The van der Waals surface area contributed by atoms with E-state index in [1.807, 2.05) is 0 Å². The molecule has 0 radical (unpaired) electrons. The molecule has 188 valence electrons. The Hall–Kier alpha value is -2.73. The second kappa shape index (κ2) is 10.7. The maximum absolute atomic E-state index is 13.8. The number of nitrogens with one attached hydrogen (secondary N) is 2. The summed E-state index contributed by atoms with van der Waals surface area (Å²) in [6.07, 6.45) is 3.62. The molecule has 1 unspecified atom stereocenters. The average molecular weight is 486 g/mol. The number of hydrogen-bond donors (Lipinski definition) is 2. The number of fused-ring (bicyclic) bond motifs is 4. The van der Waals surface area contributed by atoms with Crippen molar-refractivity contribution < 1.29 is 14.5 Å². The van der Waals surface area contributed by atoms with E-state index in [-0.39, 0.29) is 5.56 Å². The lowest BCUT2D eigenvalue weighted by molar-refractivity contribution is -0.921. The van der Waals surface area contributed by atoms with E-state index < -0.39 is 0 Å². The minimum Gasteiger partial charge on any atom is -0.370 e. The molecule has 5 nitrogen and oxygen atoms in total. The van der Waals surface area contributed by atoms with E-state index in [9.17, 15) is 4.79 Å². The number of nitrogens with zero attached hydrogens (tertiary/aromatic N) is 1. The van der Waals surface area contributed by atoms with Crippen LogP contribution in [0.3, 0.4) is 0 Å². The minimum absolute atomic E-state index is 0.208. The van der Waals surface area contributed by atoms with Gasteiger partial charge in [0.15, 0.2) is 0 Å². The SMILES string of the molecule is O=c1c(-c2ccccc2C[NH+]2CCOCC2)ccc2n1C[C@H]1C[C@@H]2C[NH+](CCCc2ccccc2)C1. The zero-order chi connectivity index (χ0) is 24.3. The molecule has 2 N–H and O–H groups in total. The number of likely N-dealkylation sites (tertiary alicyclic amines) is 1. The Labute approximate surface area is 214 Å². The number of morpholine rings is 1. The lowest BCUT2D eigenvalue weighted by Crippen LogP contribution is -3.14. The number of aromatic nitrogens is 1. The van der Waals surface area contributed by atoms with Crippen LogP contribution in [0.2, 0.25) is 0 Å². The molecular formula is C31H39N3O2+2. The second-order valence-electron chi connectivity index (χ2n) is 11.1. The van der Waals surface area contributed by atoms with Gasteiger partial charge in [0, 0.05) is 41.6 Å². The van der Waals surface area contributed by atoms with Crippen molar-refractivity contribution in [1.82, 2.24) is 4.57 Å². The number of rotatable bonds is 7. The third-order valence-electron chi connectivity index (χ3n) is 8.58. The lowest BCUT2D eigenvalue weighted by Gasteiger charge is -2.40. The molecule has 0 saturated carbocycles. The maximum Gasteiger partial charge on any atom is 0.258 e. The molecule has 0 amide bonds. The van der Waals surface area contributed by atoms with Crippen LogP contribution >= 0.6 is 0 Å². The summed E-state index contributed by atoms with van der Waals surface area (Å²) >= 11 is 0. The summed E-state index contributed by atoms with van der Waals surface area (Å²) in [7, 11) is 0. The topological polar surface area (TPSA) is 40.1 Å². The monoisotopic (exact) mass is 485 g/mol. The van der Waals surface area contributed by atoms with Crippen molar-refractivity contribution in [3.05, 3.63) is 93.9 Å². The van der Waals surface area contributed by atoms with Gasteiger partial charge in [0.05, 0.1) is 32.8 Å². The normalized spacial score (nSPS) is 23.8. The van der Waals surface area contributed by atoms with Gasteiger partial charge in [-0.1, -0.05) is 54.6 Å². The first-order valence-electron chi connectivity index (χ1n) is 13.9. The van der Waals surface area contributed by atoms with E-state index in [0.717, 1.165) is 63.5 Å². The third kappa shape index (κ3) is 5.06. The maximum atomic E-state index is 13.8. The van der Waals surface area contributed by atoms with Crippen molar-refractivity contribution in [3.63, 3.8) is 0 Å². The molecule has 6 rings (SSSR count). The predicted molar refractivity (Wildman–Crippen MR) is 143 cm³/mol. The predicted octanol–water partition coefficient (Wildman–Crippen LogP) is 1.57. The number of aryl methyl sites for hydroxylation is 1. The van der Waals surface area contributed by atoms with Crippen LogP contribution in [0.25, 0.3) is 11.1 Å². The van der Waals surface area contributed by atoms with Gasteiger partial charge in [-0.15, -0.1) is 0 Å². The van der Waals surface area contributed by atoms with Crippen molar-refractivity contribution in [2.45, 2.75) is 38.3 Å². The number of quaternary nitrogens is 2. The van der Waals surface area contributed by atoms with Crippen LogP contribution in [0.15, 0.2) is 71.5 Å². The molecule has 0 spiro atoms. The molecule has 2 saturated heterocycles. The summed E-state index contributed by atoms with van der Waals surface area (Å²) in [5, 5.41) is 0. The Kier molecular flexibility index (Phi) is 7.04. The van der Waals surface area contributed by atoms with E-state index >= 15 is 0 Å². The fourth-order valence-electron chi connectivity index (χ4n) is 6.81. The Bertz CT molecular complexity index is 1230. The number of piperidine rings is 1. The van der Waals surface area contributed by atoms with E-state index in [0.29, 0.717) is 11.8 Å². The van der Waals surface area contributed by atoms with E-state index in [1.165, 1.54) is 47.7 Å². The van der Waals surface area contributed by atoms with E-state index in [2.05, 4.69) is 71.3 Å². The summed E-state index contributed by atoms with van der Waals surface area (Å²) in [6, 6.07) is 23.7. The fraction of sp³-hybridized carbons (Fsp3) is 0.452. The Balaban J connectivity index is 1.18. The number of benzene rings is 2. The zero-order valence-corrected chi connectivity index (χ0v) is 21.3. The van der Waals surface area contributed by atoms with Crippen molar-refractivity contribution >= 4 is 0 Å². The van der Waals surface area contributed by atoms with Crippen LogP contribution in [-0.4, -0.2) is 50.5 Å². The number of pyridine rings is 1. The van der Waals surface area contributed by atoms with Crippen LogP contribution in [0.1, 0.15) is 35.6 Å². The van der Waals surface area contributed by atoms with Crippen LogP contribution in [0.4, 0.5) is 0 Å². The number of ether oxygens (including phenoxy) is 1. The molecule has 3 aliphatic heterocycles. The highest BCUT2D eigenvalue weighted by Gasteiger charge is 2.37. The fourth-order valence-corrected chi connectivity index (χ4v) is 6.81. The van der Waals surface area contributed by atoms with Crippen molar-refractivity contribution in [1.29, 1.82) is 0 Å². The molecule has 2 aromatic carbocycles.